The van der Waals surface area contributed by atoms with Gasteiger partial charge in [-0.25, -0.2) is 9.99 Å². The third-order valence-corrected chi connectivity index (χ3v) is 3.68. The number of carbonyl (C=O) groups excluding carboxylic acids is 1. The summed E-state index contributed by atoms with van der Waals surface area (Å²) in [5, 5.41) is 1.98. The summed E-state index contributed by atoms with van der Waals surface area (Å²) in [4.78, 5) is 19.1. The first-order valence-electron chi connectivity index (χ1n) is 6.83. The second-order valence-electron chi connectivity index (χ2n) is 5.21. The number of hydrogen-bond acceptors (Lipinski definition) is 4. The maximum absolute atomic E-state index is 12.5. The Labute approximate surface area is 118 Å². The Bertz CT molecular complexity index is 628. The summed E-state index contributed by atoms with van der Waals surface area (Å²) in [6.45, 7) is 5.49. The largest absolute Gasteiger partial charge is 0.304 e. The molecule has 0 spiro atoms. The molecule has 2 aromatic rings. The van der Waals surface area contributed by atoms with Crippen LogP contribution in [-0.2, 0) is 0 Å². The molecule has 3 rings (SSSR count). The summed E-state index contributed by atoms with van der Waals surface area (Å²) < 4.78 is 1.83. The number of hydrazine groups is 1. The van der Waals surface area contributed by atoms with Crippen LogP contribution >= 0.6 is 0 Å². The van der Waals surface area contributed by atoms with Crippen molar-refractivity contribution in [1.29, 1.82) is 0 Å². The lowest BCUT2D eigenvalue weighted by Gasteiger charge is -2.32. The van der Waals surface area contributed by atoms with Gasteiger partial charge in [-0.3, -0.25) is 14.6 Å². The minimum Gasteiger partial charge on any atom is -0.304 e. The zero-order valence-electron chi connectivity index (χ0n) is 11.8. The Balaban J connectivity index is 1.80. The Morgan fingerprint density at radius 3 is 2.75 bits per heavy atom. The molecule has 2 aromatic heterocycles. The van der Waals surface area contributed by atoms with Gasteiger partial charge >= 0.3 is 0 Å². The number of nitrogens with one attached hydrogen (secondary N) is 1. The Morgan fingerprint density at radius 2 is 2.00 bits per heavy atom. The molecule has 6 heteroatoms. The van der Waals surface area contributed by atoms with E-state index in [1.54, 1.807) is 0 Å². The first-order valence-corrected chi connectivity index (χ1v) is 6.83. The number of aryl methyl sites for hydroxylation is 1. The molecule has 0 saturated carbocycles. The van der Waals surface area contributed by atoms with Gasteiger partial charge in [0, 0.05) is 32.4 Å². The van der Waals surface area contributed by atoms with Gasteiger partial charge in [-0.15, -0.1) is 0 Å². The Morgan fingerprint density at radius 1 is 1.25 bits per heavy atom. The highest BCUT2D eigenvalue weighted by Gasteiger charge is 2.20. The van der Waals surface area contributed by atoms with Gasteiger partial charge in [0.15, 0.2) is 0 Å². The van der Waals surface area contributed by atoms with Crippen LogP contribution in [0.5, 0.6) is 0 Å². The van der Waals surface area contributed by atoms with Crippen molar-refractivity contribution in [2.24, 2.45) is 0 Å². The van der Waals surface area contributed by atoms with Crippen molar-refractivity contribution in [2.45, 2.75) is 6.92 Å². The molecule has 1 aliphatic rings. The number of likely N-dealkylation sites (N-methyl/N-ethyl adjacent to an activating group) is 1. The van der Waals surface area contributed by atoms with E-state index in [2.05, 4.69) is 22.4 Å². The van der Waals surface area contributed by atoms with E-state index < -0.39 is 0 Å². The highest BCUT2D eigenvalue weighted by Crippen LogP contribution is 2.11. The zero-order valence-corrected chi connectivity index (χ0v) is 11.8. The van der Waals surface area contributed by atoms with E-state index in [4.69, 9.17) is 0 Å². The van der Waals surface area contributed by atoms with Gasteiger partial charge in [-0.05, 0) is 26.1 Å². The fourth-order valence-electron chi connectivity index (χ4n) is 2.50. The maximum Gasteiger partial charge on any atom is 0.284 e. The standard InChI is InChI=1S/C14H19N5O/c1-11-13(19-6-4-3-5-12(19)15-11)14(20)16-18-9-7-17(2)8-10-18/h3-6H,7-10H2,1-2H3,(H,16,20). The van der Waals surface area contributed by atoms with Crippen molar-refractivity contribution in [3.63, 3.8) is 0 Å². The van der Waals surface area contributed by atoms with Crippen LogP contribution in [-0.4, -0.2) is 58.4 Å². The number of rotatable bonds is 2. The van der Waals surface area contributed by atoms with E-state index in [-0.39, 0.29) is 5.91 Å². The first-order chi connectivity index (χ1) is 9.65. The number of piperazine rings is 1. The summed E-state index contributed by atoms with van der Waals surface area (Å²) in [5.74, 6) is -0.0919. The van der Waals surface area contributed by atoms with E-state index >= 15 is 0 Å². The van der Waals surface area contributed by atoms with Gasteiger partial charge in [0.1, 0.15) is 11.3 Å². The molecule has 1 N–H and O–H groups in total. The van der Waals surface area contributed by atoms with Crippen LogP contribution in [0.15, 0.2) is 24.4 Å². The van der Waals surface area contributed by atoms with E-state index in [0.29, 0.717) is 5.69 Å². The minimum absolute atomic E-state index is 0.0919. The molecule has 0 bridgehead atoms. The molecule has 1 saturated heterocycles. The normalized spacial score (nSPS) is 17.5. The smallest absolute Gasteiger partial charge is 0.284 e. The van der Waals surface area contributed by atoms with Crippen molar-refractivity contribution in [3.8, 4) is 0 Å². The molecule has 1 fully saturated rings. The number of imidazole rings is 1. The third-order valence-electron chi connectivity index (χ3n) is 3.68. The molecule has 0 atom stereocenters. The number of aromatic nitrogens is 2. The molecule has 0 unspecified atom stereocenters. The Kier molecular flexibility index (Phi) is 3.42. The van der Waals surface area contributed by atoms with Crippen LogP contribution in [0.25, 0.3) is 5.65 Å². The van der Waals surface area contributed by atoms with Crippen LogP contribution < -0.4 is 5.43 Å². The molecule has 20 heavy (non-hydrogen) atoms. The summed E-state index contributed by atoms with van der Waals surface area (Å²) in [6.07, 6.45) is 1.87. The topological polar surface area (TPSA) is 52.9 Å². The van der Waals surface area contributed by atoms with E-state index in [1.165, 1.54) is 0 Å². The average molecular weight is 273 g/mol. The van der Waals surface area contributed by atoms with Gasteiger partial charge < -0.3 is 4.90 Å². The summed E-state index contributed by atoms with van der Waals surface area (Å²) >= 11 is 0. The highest BCUT2D eigenvalue weighted by molar-refractivity contribution is 5.94. The molecule has 106 valence electrons. The van der Waals surface area contributed by atoms with E-state index in [9.17, 15) is 4.79 Å². The highest BCUT2D eigenvalue weighted by atomic mass is 16.2. The lowest BCUT2D eigenvalue weighted by atomic mass is 10.3. The molecule has 0 aromatic carbocycles. The Hall–Kier alpha value is -1.92. The third kappa shape index (κ3) is 2.39. The molecule has 0 radical (unpaired) electrons. The summed E-state index contributed by atoms with van der Waals surface area (Å²) in [6, 6.07) is 5.73. The zero-order chi connectivity index (χ0) is 14.1. The van der Waals surface area contributed by atoms with Gasteiger partial charge in [0.2, 0.25) is 0 Å². The summed E-state index contributed by atoms with van der Waals surface area (Å²) in [5.41, 5.74) is 5.14. The number of fused-ring (bicyclic) bond motifs is 1. The van der Waals surface area contributed by atoms with Gasteiger partial charge in [0.25, 0.3) is 5.91 Å². The first kappa shape index (κ1) is 13.1. The predicted octanol–water partition coefficient (Wildman–Crippen LogP) is 0.535. The number of amides is 1. The van der Waals surface area contributed by atoms with Crippen LogP contribution in [0.1, 0.15) is 16.2 Å². The quantitative estimate of drug-likeness (QED) is 0.867. The second kappa shape index (κ2) is 5.22. The molecule has 1 amide bonds. The average Bonchev–Trinajstić information content (AvgIpc) is 2.77. The molecule has 3 heterocycles. The molecular formula is C14H19N5O. The second-order valence-corrected chi connectivity index (χ2v) is 5.21. The lowest BCUT2D eigenvalue weighted by molar-refractivity contribution is 0.0656. The fourth-order valence-corrected chi connectivity index (χ4v) is 2.50. The van der Waals surface area contributed by atoms with E-state index in [0.717, 1.165) is 37.5 Å². The predicted molar refractivity (Wildman–Crippen MR) is 76.5 cm³/mol. The van der Waals surface area contributed by atoms with Crippen molar-refractivity contribution < 1.29 is 4.79 Å². The monoisotopic (exact) mass is 273 g/mol. The molecule has 6 nitrogen and oxygen atoms in total. The fraction of sp³-hybridized carbons (Fsp3) is 0.429. The van der Waals surface area contributed by atoms with Gasteiger partial charge in [-0.1, -0.05) is 6.07 Å². The van der Waals surface area contributed by atoms with Crippen LogP contribution in [0.2, 0.25) is 0 Å². The van der Waals surface area contributed by atoms with Crippen molar-refractivity contribution >= 4 is 11.6 Å². The number of carbonyl (C=O) groups is 1. The SMILES string of the molecule is Cc1nc2ccccn2c1C(=O)NN1CCN(C)CC1. The van der Waals surface area contributed by atoms with Gasteiger partial charge in [-0.2, -0.15) is 0 Å². The van der Waals surface area contributed by atoms with Gasteiger partial charge in [0.05, 0.1) is 5.69 Å². The van der Waals surface area contributed by atoms with Crippen molar-refractivity contribution in [2.75, 3.05) is 33.2 Å². The number of nitrogens with zero attached hydrogens (tertiary/aromatic N) is 4. The molecule has 0 aliphatic carbocycles. The number of hydrogen-bond donors (Lipinski definition) is 1. The lowest BCUT2D eigenvalue weighted by Crippen LogP contribution is -2.52. The van der Waals surface area contributed by atoms with E-state index in [1.807, 2.05) is 40.7 Å². The summed E-state index contributed by atoms with van der Waals surface area (Å²) in [7, 11) is 2.09. The van der Waals surface area contributed by atoms with Crippen LogP contribution in [0, 0.1) is 6.92 Å². The molecular weight excluding hydrogens is 254 g/mol. The van der Waals surface area contributed by atoms with Crippen LogP contribution in [0.4, 0.5) is 0 Å². The minimum atomic E-state index is -0.0919. The van der Waals surface area contributed by atoms with Crippen molar-refractivity contribution in [3.05, 3.63) is 35.8 Å². The molecule has 1 aliphatic heterocycles. The van der Waals surface area contributed by atoms with Crippen molar-refractivity contribution in [1.82, 2.24) is 24.7 Å². The maximum atomic E-state index is 12.5. The van der Waals surface area contributed by atoms with Crippen LogP contribution in [0.3, 0.4) is 0 Å². The number of pyridine rings is 1.